The molecular formula is C15H24N4O. The topological polar surface area (TPSA) is 74.7 Å². The van der Waals surface area contributed by atoms with Gasteiger partial charge in [0, 0.05) is 12.7 Å². The number of pyridine rings is 1. The van der Waals surface area contributed by atoms with Gasteiger partial charge in [-0.15, -0.1) is 0 Å². The van der Waals surface area contributed by atoms with E-state index in [-0.39, 0.29) is 5.84 Å². The monoisotopic (exact) mass is 276 g/mol. The predicted molar refractivity (Wildman–Crippen MR) is 79.6 cm³/mol. The first-order chi connectivity index (χ1) is 9.60. The molecule has 2 heterocycles. The molecule has 3 N–H and O–H groups in total. The summed E-state index contributed by atoms with van der Waals surface area (Å²) in [6.07, 6.45) is 4.26. The van der Waals surface area contributed by atoms with Crippen LogP contribution in [0.5, 0.6) is 0 Å². The van der Waals surface area contributed by atoms with Gasteiger partial charge in [-0.25, -0.2) is 0 Å². The van der Waals surface area contributed by atoms with Crippen molar-refractivity contribution in [2.24, 2.45) is 22.7 Å². The molecule has 0 radical (unpaired) electrons. The van der Waals surface area contributed by atoms with E-state index in [4.69, 9.17) is 10.9 Å². The molecule has 0 atom stereocenters. The lowest BCUT2D eigenvalue weighted by atomic mass is 9.86. The summed E-state index contributed by atoms with van der Waals surface area (Å²) in [7, 11) is 0. The zero-order valence-corrected chi connectivity index (χ0v) is 12.3. The van der Waals surface area contributed by atoms with E-state index >= 15 is 0 Å². The fraction of sp³-hybridized carbons (Fsp3) is 0.600. The summed E-state index contributed by atoms with van der Waals surface area (Å²) in [5, 5.41) is 11.7. The summed E-state index contributed by atoms with van der Waals surface area (Å²) in [4.78, 5) is 6.57. The summed E-state index contributed by atoms with van der Waals surface area (Å²) < 4.78 is 0. The Morgan fingerprint density at radius 1 is 1.50 bits per heavy atom. The Bertz CT molecular complexity index is 465. The van der Waals surface area contributed by atoms with E-state index in [0.717, 1.165) is 37.0 Å². The number of amidine groups is 1. The van der Waals surface area contributed by atoms with E-state index in [0.29, 0.717) is 5.69 Å². The Hall–Kier alpha value is -1.62. The van der Waals surface area contributed by atoms with Crippen molar-refractivity contribution < 1.29 is 5.21 Å². The van der Waals surface area contributed by atoms with Gasteiger partial charge >= 0.3 is 0 Å². The molecule has 5 heteroatoms. The van der Waals surface area contributed by atoms with Crippen LogP contribution in [-0.2, 0) is 6.54 Å². The molecule has 0 aromatic carbocycles. The van der Waals surface area contributed by atoms with Crippen LogP contribution in [0.3, 0.4) is 0 Å². The molecule has 0 spiro atoms. The van der Waals surface area contributed by atoms with Crippen molar-refractivity contribution in [2.75, 3.05) is 13.1 Å². The smallest absolute Gasteiger partial charge is 0.188 e. The third-order valence-electron chi connectivity index (χ3n) is 4.18. The lowest BCUT2D eigenvalue weighted by Crippen LogP contribution is -2.34. The molecule has 0 aliphatic carbocycles. The molecule has 2 rings (SSSR count). The Morgan fingerprint density at radius 2 is 2.20 bits per heavy atom. The van der Waals surface area contributed by atoms with Crippen molar-refractivity contribution in [1.29, 1.82) is 0 Å². The number of aromatic nitrogens is 1. The largest absolute Gasteiger partial charge is 0.409 e. The summed E-state index contributed by atoms with van der Waals surface area (Å²) in [5.41, 5.74) is 7.26. The van der Waals surface area contributed by atoms with Crippen LogP contribution in [0.25, 0.3) is 0 Å². The molecule has 110 valence electrons. The maximum Gasteiger partial charge on any atom is 0.188 e. The van der Waals surface area contributed by atoms with Crippen LogP contribution in [0.2, 0.25) is 0 Å². The third-order valence-corrected chi connectivity index (χ3v) is 4.18. The van der Waals surface area contributed by atoms with E-state index < -0.39 is 0 Å². The van der Waals surface area contributed by atoms with Crippen LogP contribution < -0.4 is 5.73 Å². The molecule has 20 heavy (non-hydrogen) atoms. The van der Waals surface area contributed by atoms with E-state index in [2.05, 4.69) is 28.9 Å². The second-order valence-electron chi connectivity index (χ2n) is 5.89. The van der Waals surface area contributed by atoms with Gasteiger partial charge in [-0.05, 0) is 55.5 Å². The molecule has 1 aromatic heterocycles. The van der Waals surface area contributed by atoms with Crippen LogP contribution in [0.15, 0.2) is 23.5 Å². The Morgan fingerprint density at radius 3 is 2.80 bits per heavy atom. The van der Waals surface area contributed by atoms with Crippen molar-refractivity contribution in [1.82, 2.24) is 9.88 Å². The Kier molecular flexibility index (Phi) is 4.95. The Labute approximate surface area is 120 Å². The second kappa shape index (κ2) is 6.70. The number of nitrogens with two attached hydrogens (primary N) is 1. The molecule has 1 aliphatic rings. The third kappa shape index (κ3) is 3.70. The van der Waals surface area contributed by atoms with E-state index in [1.165, 1.54) is 12.8 Å². The maximum absolute atomic E-state index is 8.69. The highest BCUT2D eigenvalue weighted by Crippen LogP contribution is 2.25. The van der Waals surface area contributed by atoms with Gasteiger partial charge < -0.3 is 10.9 Å². The van der Waals surface area contributed by atoms with E-state index in [9.17, 15) is 0 Å². The number of piperidine rings is 1. The van der Waals surface area contributed by atoms with Crippen LogP contribution >= 0.6 is 0 Å². The molecular weight excluding hydrogens is 252 g/mol. The second-order valence-corrected chi connectivity index (χ2v) is 5.89. The number of hydrogen-bond donors (Lipinski definition) is 2. The number of rotatable bonds is 4. The lowest BCUT2D eigenvalue weighted by Gasteiger charge is -2.33. The quantitative estimate of drug-likeness (QED) is 0.382. The highest BCUT2D eigenvalue weighted by molar-refractivity contribution is 5.95. The minimum atomic E-state index is 0.0605. The molecule has 0 bridgehead atoms. The first kappa shape index (κ1) is 14.8. The molecule has 1 aliphatic heterocycles. The molecule has 0 saturated carbocycles. The minimum Gasteiger partial charge on any atom is -0.409 e. The molecule has 1 saturated heterocycles. The molecule has 1 aromatic rings. The lowest BCUT2D eigenvalue weighted by molar-refractivity contribution is 0.152. The van der Waals surface area contributed by atoms with Gasteiger partial charge in [0.25, 0.3) is 0 Å². The number of nitrogens with zero attached hydrogens (tertiary/aromatic N) is 3. The molecule has 5 nitrogen and oxygen atoms in total. The van der Waals surface area contributed by atoms with Gasteiger partial charge in [-0.1, -0.05) is 19.0 Å². The fourth-order valence-corrected chi connectivity index (χ4v) is 2.80. The highest BCUT2D eigenvalue weighted by Gasteiger charge is 2.21. The SMILES string of the molecule is CC(C)C1CCN(Cc2ccnc(/C(N)=N/O)c2)CC1. The Balaban J connectivity index is 1.94. The van der Waals surface area contributed by atoms with E-state index in [1.807, 2.05) is 12.1 Å². The summed E-state index contributed by atoms with van der Waals surface area (Å²) in [5.74, 6) is 1.70. The van der Waals surface area contributed by atoms with Gasteiger partial charge in [-0.2, -0.15) is 0 Å². The summed E-state index contributed by atoms with van der Waals surface area (Å²) in [6, 6.07) is 3.88. The first-order valence-electron chi connectivity index (χ1n) is 7.25. The van der Waals surface area contributed by atoms with Crippen LogP contribution in [-0.4, -0.2) is 34.0 Å². The molecule has 0 amide bonds. The van der Waals surface area contributed by atoms with Crippen LogP contribution in [0.4, 0.5) is 0 Å². The van der Waals surface area contributed by atoms with Gasteiger partial charge in [-0.3, -0.25) is 9.88 Å². The highest BCUT2D eigenvalue weighted by atomic mass is 16.4. The van der Waals surface area contributed by atoms with Crippen molar-refractivity contribution >= 4 is 5.84 Å². The van der Waals surface area contributed by atoms with Gasteiger partial charge in [0.2, 0.25) is 0 Å². The molecule has 1 fully saturated rings. The average Bonchev–Trinajstić information content (AvgIpc) is 2.47. The predicted octanol–water partition coefficient (Wildman–Crippen LogP) is 2.04. The number of likely N-dealkylation sites (tertiary alicyclic amines) is 1. The van der Waals surface area contributed by atoms with E-state index in [1.54, 1.807) is 6.20 Å². The van der Waals surface area contributed by atoms with Crippen molar-refractivity contribution in [2.45, 2.75) is 33.2 Å². The zero-order valence-electron chi connectivity index (χ0n) is 12.3. The van der Waals surface area contributed by atoms with Crippen molar-refractivity contribution in [3.63, 3.8) is 0 Å². The summed E-state index contributed by atoms with van der Waals surface area (Å²) >= 11 is 0. The van der Waals surface area contributed by atoms with Gasteiger partial charge in [0.1, 0.15) is 5.69 Å². The van der Waals surface area contributed by atoms with Gasteiger partial charge in [0.05, 0.1) is 0 Å². The average molecular weight is 276 g/mol. The zero-order chi connectivity index (χ0) is 14.5. The number of hydrogen-bond acceptors (Lipinski definition) is 4. The maximum atomic E-state index is 8.69. The molecule has 0 unspecified atom stereocenters. The van der Waals surface area contributed by atoms with Crippen molar-refractivity contribution in [3.8, 4) is 0 Å². The van der Waals surface area contributed by atoms with Crippen LogP contribution in [0.1, 0.15) is 37.9 Å². The first-order valence-corrected chi connectivity index (χ1v) is 7.25. The van der Waals surface area contributed by atoms with Crippen molar-refractivity contribution in [3.05, 3.63) is 29.6 Å². The standard InChI is InChI=1S/C15H24N4O/c1-11(2)13-4-7-19(8-5-13)10-12-3-6-17-14(9-12)15(16)18-20/h3,6,9,11,13,20H,4-5,7-8,10H2,1-2H3,(H2,16,18). The normalized spacial score (nSPS) is 18.6. The minimum absolute atomic E-state index is 0.0605. The van der Waals surface area contributed by atoms with Crippen LogP contribution in [0, 0.1) is 11.8 Å². The number of oxime groups is 1. The van der Waals surface area contributed by atoms with Gasteiger partial charge in [0.15, 0.2) is 5.84 Å². The fourth-order valence-electron chi connectivity index (χ4n) is 2.80. The summed E-state index contributed by atoms with van der Waals surface area (Å²) in [6.45, 7) is 7.81.